The van der Waals surface area contributed by atoms with Crippen molar-refractivity contribution in [1.82, 2.24) is 0 Å². The Hall–Kier alpha value is -0.380. The van der Waals surface area contributed by atoms with E-state index in [4.69, 9.17) is 10.8 Å². The lowest BCUT2D eigenvalue weighted by Crippen LogP contribution is -2.18. The standard InChI is InChI=1S/C11H16BrNO/c12-11-5-3-9(4-6-11)1-2-10(7-13)8-14/h3-6,10,14H,1-2,7-8,13H2. The first-order valence-corrected chi connectivity index (χ1v) is 5.61. The van der Waals surface area contributed by atoms with Crippen molar-refractivity contribution in [1.29, 1.82) is 0 Å². The van der Waals surface area contributed by atoms with Crippen LogP contribution in [0.15, 0.2) is 28.7 Å². The molecule has 0 saturated carbocycles. The van der Waals surface area contributed by atoms with E-state index in [0.29, 0.717) is 6.54 Å². The van der Waals surface area contributed by atoms with Crippen molar-refractivity contribution in [3.8, 4) is 0 Å². The summed E-state index contributed by atoms with van der Waals surface area (Å²) in [6.07, 6.45) is 1.93. The highest BCUT2D eigenvalue weighted by Gasteiger charge is 2.04. The number of aliphatic hydroxyl groups is 1. The summed E-state index contributed by atoms with van der Waals surface area (Å²) in [5.41, 5.74) is 6.80. The molecule has 0 aromatic heterocycles. The molecular formula is C11H16BrNO. The van der Waals surface area contributed by atoms with Gasteiger partial charge in [-0.1, -0.05) is 28.1 Å². The summed E-state index contributed by atoms with van der Waals surface area (Å²) in [6, 6.07) is 8.25. The van der Waals surface area contributed by atoms with E-state index >= 15 is 0 Å². The molecule has 1 aromatic rings. The molecule has 0 amide bonds. The molecule has 3 heteroatoms. The van der Waals surface area contributed by atoms with Gasteiger partial charge in [-0.25, -0.2) is 0 Å². The van der Waals surface area contributed by atoms with Gasteiger partial charge in [0, 0.05) is 11.1 Å². The lowest BCUT2D eigenvalue weighted by molar-refractivity contribution is 0.223. The monoisotopic (exact) mass is 257 g/mol. The largest absolute Gasteiger partial charge is 0.396 e. The topological polar surface area (TPSA) is 46.2 Å². The van der Waals surface area contributed by atoms with Crippen LogP contribution in [0.2, 0.25) is 0 Å². The van der Waals surface area contributed by atoms with Gasteiger partial charge in [0.2, 0.25) is 0 Å². The zero-order valence-electron chi connectivity index (χ0n) is 8.12. The summed E-state index contributed by atoms with van der Waals surface area (Å²) in [4.78, 5) is 0. The molecule has 0 radical (unpaired) electrons. The molecule has 0 bridgehead atoms. The number of hydrogen-bond acceptors (Lipinski definition) is 2. The maximum Gasteiger partial charge on any atom is 0.0471 e. The number of nitrogens with two attached hydrogens (primary N) is 1. The average Bonchev–Trinajstić information content (AvgIpc) is 2.22. The van der Waals surface area contributed by atoms with Gasteiger partial charge in [0.05, 0.1) is 0 Å². The molecule has 78 valence electrons. The average molecular weight is 258 g/mol. The van der Waals surface area contributed by atoms with E-state index in [2.05, 4.69) is 28.1 Å². The van der Waals surface area contributed by atoms with E-state index in [1.807, 2.05) is 12.1 Å². The Morgan fingerprint density at radius 1 is 1.29 bits per heavy atom. The Kier molecular flexibility index (Phi) is 5.15. The first-order chi connectivity index (χ1) is 6.76. The van der Waals surface area contributed by atoms with Crippen LogP contribution in [0.25, 0.3) is 0 Å². The number of rotatable bonds is 5. The third kappa shape index (κ3) is 3.78. The van der Waals surface area contributed by atoms with E-state index in [9.17, 15) is 0 Å². The third-order valence-corrected chi connectivity index (χ3v) is 2.87. The van der Waals surface area contributed by atoms with Gasteiger partial charge < -0.3 is 10.8 Å². The highest BCUT2D eigenvalue weighted by molar-refractivity contribution is 9.10. The Balaban J connectivity index is 2.41. The zero-order valence-corrected chi connectivity index (χ0v) is 9.70. The Labute approximate surface area is 93.3 Å². The molecule has 2 nitrogen and oxygen atoms in total. The number of aliphatic hydroxyl groups excluding tert-OH is 1. The van der Waals surface area contributed by atoms with Crippen molar-refractivity contribution in [2.75, 3.05) is 13.2 Å². The van der Waals surface area contributed by atoms with Crippen LogP contribution < -0.4 is 5.73 Å². The van der Waals surface area contributed by atoms with Gasteiger partial charge >= 0.3 is 0 Å². The molecule has 14 heavy (non-hydrogen) atoms. The second-order valence-corrected chi connectivity index (χ2v) is 4.37. The van der Waals surface area contributed by atoms with E-state index in [1.54, 1.807) is 0 Å². The third-order valence-electron chi connectivity index (χ3n) is 2.35. The lowest BCUT2D eigenvalue weighted by Gasteiger charge is -2.10. The fourth-order valence-corrected chi connectivity index (χ4v) is 1.57. The summed E-state index contributed by atoms with van der Waals surface area (Å²) in [7, 11) is 0. The van der Waals surface area contributed by atoms with Crippen molar-refractivity contribution in [2.24, 2.45) is 11.7 Å². The van der Waals surface area contributed by atoms with Crippen LogP contribution >= 0.6 is 15.9 Å². The summed E-state index contributed by atoms with van der Waals surface area (Å²) >= 11 is 3.39. The quantitative estimate of drug-likeness (QED) is 0.847. The van der Waals surface area contributed by atoms with Gasteiger partial charge in [0.15, 0.2) is 0 Å². The smallest absolute Gasteiger partial charge is 0.0471 e. The van der Waals surface area contributed by atoms with Crippen LogP contribution in [0, 0.1) is 5.92 Å². The minimum Gasteiger partial charge on any atom is -0.396 e. The number of aryl methyl sites for hydroxylation is 1. The highest BCUT2D eigenvalue weighted by Crippen LogP contribution is 2.13. The first-order valence-electron chi connectivity index (χ1n) is 4.81. The van der Waals surface area contributed by atoms with Gasteiger partial charge in [0.25, 0.3) is 0 Å². The molecule has 1 rings (SSSR count). The maximum atomic E-state index is 8.96. The van der Waals surface area contributed by atoms with Gasteiger partial charge in [-0.15, -0.1) is 0 Å². The maximum absolute atomic E-state index is 8.96. The molecule has 0 aliphatic heterocycles. The lowest BCUT2D eigenvalue weighted by atomic mass is 10.0. The minimum absolute atomic E-state index is 0.188. The molecule has 1 atom stereocenters. The van der Waals surface area contributed by atoms with Crippen LogP contribution in [0.3, 0.4) is 0 Å². The van der Waals surface area contributed by atoms with Crippen LogP contribution in [0.1, 0.15) is 12.0 Å². The van der Waals surface area contributed by atoms with E-state index < -0.39 is 0 Å². The Morgan fingerprint density at radius 3 is 2.43 bits per heavy atom. The second kappa shape index (κ2) is 6.17. The van der Waals surface area contributed by atoms with Crippen LogP contribution in [0.4, 0.5) is 0 Å². The zero-order chi connectivity index (χ0) is 10.4. The van der Waals surface area contributed by atoms with E-state index in [1.165, 1.54) is 5.56 Å². The van der Waals surface area contributed by atoms with E-state index in [0.717, 1.165) is 17.3 Å². The normalized spacial score (nSPS) is 12.8. The van der Waals surface area contributed by atoms with Gasteiger partial charge in [-0.2, -0.15) is 0 Å². The Bertz CT molecular complexity index is 256. The second-order valence-electron chi connectivity index (χ2n) is 3.45. The molecular weight excluding hydrogens is 242 g/mol. The van der Waals surface area contributed by atoms with Crippen molar-refractivity contribution in [3.63, 3.8) is 0 Å². The van der Waals surface area contributed by atoms with Gasteiger partial charge in [-0.05, 0) is 43.0 Å². The SMILES string of the molecule is NCC(CO)CCc1ccc(Br)cc1. The fourth-order valence-electron chi connectivity index (χ4n) is 1.31. The van der Waals surface area contributed by atoms with Gasteiger partial charge in [0.1, 0.15) is 0 Å². The predicted octanol–water partition coefficient (Wildman–Crippen LogP) is 1.95. The minimum atomic E-state index is 0.188. The summed E-state index contributed by atoms with van der Waals surface area (Å²) < 4.78 is 1.10. The van der Waals surface area contributed by atoms with Crippen molar-refractivity contribution in [2.45, 2.75) is 12.8 Å². The van der Waals surface area contributed by atoms with Crippen LogP contribution in [-0.2, 0) is 6.42 Å². The number of halogens is 1. The molecule has 0 aliphatic rings. The fraction of sp³-hybridized carbons (Fsp3) is 0.455. The highest BCUT2D eigenvalue weighted by atomic mass is 79.9. The Morgan fingerprint density at radius 2 is 1.93 bits per heavy atom. The number of hydrogen-bond donors (Lipinski definition) is 2. The van der Waals surface area contributed by atoms with Crippen molar-refractivity contribution < 1.29 is 5.11 Å². The van der Waals surface area contributed by atoms with Crippen LogP contribution in [-0.4, -0.2) is 18.3 Å². The molecule has 1 aromatic carbocycles. The molecule has 0 fully saturated rings. The van der Waals surface area contributed by atoms with Crippen molar-refractivity contribution in [3.05, 3.63) is 34.3 Å². The summed E-state index contributed by atoms with van der Waals surface area (Å²) in [5.74, 6) is 0.235. The predicted molar refractivity (Wildman–Crippen MR) is 62.1 cm³/mol. The molecule has 1 unspecified atom stereocenters. The molecule has 0 heterocycles. The van der Waals surface area contributed by atoms with E-state index in [-0.39, 0.29) is 12.5 Å². The molecule has 3 N–H and O–H groups in total. The summed E-state index contributed by atoms with van der Waals surface area (Å²) in [6.45, 7) is 0.750. The summed E-state index contributed by atoms with van der Waals surface area (Å²) in [5, 5.41) is 8.96. The van der Waals surface area contributed by atoms with Gasteiger partial charge in [-0.3, -0.25) is 0 Å². The number of benzene rings is 1. The molecule has 0 saturated heterocycles. The van der Waals surface area contributed by atoms with Crippen LogP contribution in [0.5, 0.6) is 0 Å². The first kappa shape index (κ1) is 11.7. The van der Waals surface area contributed by atoms with Crippen molar-refractivity contribution >= 4 is 15.9 Å². The molecule has 0 aliphatic carbocycles. The molecule has 0 spiro atoms.